The summed E-state index contributed by atoms with van der Waals surface area (Å²) in [7, 11) is 0. The first-order valence-electron chi connectivity index (χ1n) is 2.89. The quantitative estimate of drug-likeness (QED) is 0.521. The Morgan fingerprint density at radius 1 is 1.86 bits per heavy atom. The maximum atomic E-state index is 5.46. The molecule has 0 spiro atoms. The summed E-state index contributed by atoms with van der Waals surface area (Å²) in [5.74, 6) is 0.887. The van der Waals surface area contributed by atoms with Gasteiger partial charge in [-0.2, -0.15) is 0 Å². The van der Waals surface area contributed by atoms with E-state index in [2.05, 4.69) is 13.8 Å². The number of hydrogen-bond acceptors (Lipinski definition) is 1. The van der Waals surface area contributed by atoms with Gasteiger partial charge in [0.25, 0.3) is 0 Å². The Morgan fingerprint density at radius 3 is 2.29 bits per heavy atom. The molecule has 0 heterocycles. The van der Waals surface area contributed by atoms with Crippen LogP contribution in [0.1, 0.15) is 20.3 Å². The molecule has 0 bridgehead atoms. The molecule has 1 aliphatic rings. The predicted molar refractivity (Wildman–Crippen MR) is 30.9 cm³/mol. The van der Waals surface area contributed by atoms with Crippen molar-refractivity contribution in [1.82, 2.24) is 0 Å². The van der Waals surface area contributed by atoms with E-state index in [1.54, 1.807) is 0 Å². The van der Waals surface area contributed by atoms with E-state index in [1.165, 1.54) is 6.42 Å². The molecule has 0 aromatic rings. The molecule has 2 N–H and O–H groups in total. The standard InChI is InChI=1S/C6H13N/c1-5-3-6(5,2)4-7/h5H,3-4,7H2,1-2H3. The Morgan fingerprint density at radius 2 is 2.29 bits per heavy atom. The molecule has 2 unspecified atom stereocenters. The molecule has 1 saturated carbocycles. The average molecular weight is 99.2 g/mol. The van der Waals surface area contributed by atoms with Gasteiger partial charge in [0.1, 0.15) is 0 Å². The highest BCUT2D eigenvalue weighted by atomic mass is 14.7. The summed E-state index contributed by atoms with van der Waals surface area (Å²) in [5, 5.41) is 0. The van der Waals surface area contributed by atoms with Gasteiger partial charge in [-0.15, -0.1) is 0 Å². The van der Waals surface area contributed by atoms with Gasteiger partial charge in [0.2, 0.25) is 0 Å². The van der Waals surface area contributed by atoms with Gasteiger partial charge in [-0.3, -0.25) is 0 Å². The SMILES string of the molecule is CC1CC1(C)CN. The van der Waals surface area contributed by atoms with Crippen LogP contribution in [0.5, 0.6) is 0 Å². The third-order valence-corrected chi connectivity index (χ3v) is 2.27. The molecular formula is C6H13N. The van der Waals surface area contributed by atoms with Crippen molar-refractivity contribution in [2.75, 3.05) is 6.54 Å². The van der Waals surface area contributed by atoms with Crippen LogP contribution in [0.4, 0.5) is 0 Å². The van der Waals surface area contributed by atoms with E-state index in [1.807, 2.05) is 0 Å². The van der Waals surface area contributed by atoms with Gasteiger partial charge in [0, 0.05) is 0 Å². The third kappa shape index (κ3) is 0.653. The summed E-state index contributed by atoms with van der Waals surface area (Å²) in [5.41, 5.74) is 5.99. The zero-order valence-corrected chi connectivity index (χ0v) is 5.07. The van der Waals surface area contributed by atoms with Crippen LogP contribution >= 0.6 is 0 Å². The van der Waals surface area contributed by atoms with E-state index in [0.717, 1.165) is 12.5 Å². The summed E-state index contributed by atoms with van der Waals surface area (Å²) in [6.45, 7) is 5.37. The molecule has 2 atom stereocenters. The number of nitrogens with two attached hydrogens (primary N) is 1. The first-order chi connectivity index (χ1) is 3.19. The molecule has 1 nitrogen and oxygen atoms in total. The zero-order chi connectivity index (χ0) is 5.49. The lowest BCUT2D eigenvalue weighted by Crippen LogP contribution is -2.12. The highest BCUT2D eigenvalue weighted by Gasteiger charge is 2.44. The molecule has 0 aromatic heterocycles. The lowest BCUT2D eigenvalue weighted by Gasteiger charge is -2.00. The minimum absolute atomic E-state index is 0.528. The predicted octanol–water partition coefficient (Wildman–Crippen LogP) is 0.991. The van der Waals surface area contributed by atoms with Crippen molar-refractivity contribution < 1.29 is 0 Å². The Bertz CT molecular complexity index is 76.2. The second-order valence-electron chi connectivity index (χ2n) is 2.96. The molecule has 0 amide bonds. The highest BCUT2D eigenvalue weighted by Crippen LogP contribution is 2.50. The van der Waals surface area contributed by atoms with Crippen molar-refractivity contribution >= 4 is 0 Å². The zero-order valence-electron chi connectivity index (χ0n) is 5.07. The molecule has 1 aliphatic carbocycles. The lowest BCUT2D eigenvalue weighted by molar-refractivity contribution is 0.535. The van der Waals surface area contributed by atoms with Crippen molar-refractivity contribution in [2.45, 2.75) is 20.3 Å². The fraction of sp³-hybridized carbons (Fsp3) is 1.00. The topological polar surface area (TPSA) is 26.0 Å². The molecule has 0 aliphatic heterocycles. The summed E-state index contributed by atoms with van der Waals surface area (Å²) in [6.07, 6.45) is 1.34. The van der Waals surface area contributed by atoms with Crippen LogP contribution in [-0.4, -0.2) is 6.54 Å². The highest BCUT2D eigenvalue weighted by molar-refractivity contribution is 4.96. The van der Waals surface area contributed by atoms with E-state index in [9.17, 15) is 0 Å². The van der Waals surface area contributed by atoms with Crippen molar-refractivity contribution in [3.05, 3.63) is 0 Å². The number of hydrogen-bond donors (Lipinski definition) is 1. The van der Waals surface area contributed by atoms with Gasteiger partial charge >= 0.3 is 0 Å². The van der Waals surface area contributed by atoms with Gasteiger partial charge < -0.3 is 5.73 Å². The van der Waals surface area contributed by atoms with Crippen LogP contribution in [-0.2, 0) is 0 Å². The van der Waals surface area contributed by atoms with E-state index < -0.39 is 0 Å². The Kier molecular flexibility index (Phi) is 0.890. The fourth-order valence-electron chi connectivity index (χ4n) is 0.925. The summed E-state index contributed by atoms with van der Waals surface area (Å²) < 4.78 is 0. The van der Waals surface area contributed by atoms with Crippen LogP contribution in [0.3, 0.4) is 0 Å². The van der Waals surface area contributed by atoms with Crippen LogP contribution < -0.4 is 5.73 Å². The minimum Gasteiger partial charge on any atom is -0.330 e. The van der Waals surface area contributed by atoms with E-state index in [-0.39, 0.29) is 0 Å². The maximum absolute atomic E-state index is 5.46. The van der Waals surface area contributed by atoms with Crippen LogP contribution in [0.25, 0.3) is 0 Å². The minimum atomic E-state index is 0.528. The largest absolute Gasteiger partial charge is 0.330 e. The average Bonchev–Trinajstić information content (AvgIpc) is 2.18. The molecular weight excluding hydrogens is 86.1 g/mol. The van der Waals surface area contributed by atoms with Crippen molar-refractivity contribution in [2.24, 2.45) is 17.1 Å². The Labute approximate surface area is 44.9 Å². The first-order valence-corrected chi connectivity index (χ1v) is 2.89. The number of rotatable bonds is 1. The molecule has 1 fully saturated rings. The van der Waals surface area contributed by atoms with Crippen LogP contribution in [0, 0.1) is 11.3 Å². The van der Waals surface area contributed by atoms with E-state index in [4.69, 9.17) is 5.73 Å². The van der Waals surface area contributed by atoms with Gasteiger partial charge in [0.15, 0.2) is 0 Å². The maximum Gasteiger partial charge on any atom is -0.00205 e. The molecule has 0 saturated heterocycles. The molecule has 0 radical (unpaired) electrons. The second kappa shape index (κ2) is 1.22. The first kappa shape index (κ1) is 5.10. The molecule has 42 valence electrons. The van der Waals surface area contributed by atoms with Gasteiger partial charge in [0.05, 0.1) is 0 Å². The lowest BCUT2D eigenvalue weighted by atomic mass is 10.1. The summed E-state index contributed by atoms with van der Waals surface area (Å²) >= 11 is 0. The molecule has 0 aromatic carbocycles. The van der Waals surface area contributed by atoms with Crippen molar-refractivity contribution in [1.29, 1.82) is 0 Å². The molecule has 1 heteroatoms. The Hall–Kier alpha value is -0.0400. The normalized spacial score (nSPS) is 49.3. The second-order valence-corrected chi connectivity index (χ2v) is 2.96. The van der Waals surface area contributed by atoms with Gasteiger partial charge in [-0.1, -0.05) is 13.8 Å². The van der Waals surface area contributed by atoms with Crippen molar-refractivity contribution in [3.8, 4) is 0 Å². The summed E-state index contributed by atoms with van der Waals surface area (Å²) in [4.78, 5) is 0. The summed E-state index contributed by atoms with van der Waals surface area (Å²) in [6, 6.07) is 0. The smallest absolute Gasteiger partial charge is 0.00205 e. The monoisotopic (exact) mass is 99.1 g/mol. The van der Waals surface area contributed by atoms with Crippen LogP contribution in [0.15, 0.2) is 0 Å². The third-order valence-electron chi connectivity index (χ3n) is 2.27. The van der Waals surface area contributed by atoms with E-state index in [0.29, 0.717) is 5.41 Å². The molecule has 7 heavy (non-hydrogen) atoms. The molecule has 1 rings (SSSR count). The van der Waals surface area contributed by atoms with Gasteiger partial charge in [-0.05, 0) is 24.3 Å². The Balaban J connectivity index is 2.36. The van der Waals surface area contributed by atoms with E-state index >= 15 is 0 Å². The fourth-order valence-corrected chi connectivity index (χ4v) is 0.925. The van der Waals surface area contributed by atoms with Crippen LogP contribution in [0.2, 0.25) is 0 Å². The van der Waals surface area contributed by atoms with Crippen molar-refractivity contribution in [3.63, 3.8) is 0 Å². The van der Waals surface area contributed by atoms with Gasteiger partial charge in [-0.25, -0.2) is 0 Å².